The summed E-state index contributed by atoms with van der Waals surface area (Å²) in [6, 6.07) is 7.02. The van der Waals surface area contributed by atoms with Gasteiger partial charge in [0.25, 0.3) is 0 Å². The zero-order chi connectivity index (χ0) is 14.4. The highest BCUT2D eigenvalue weighted by Gasteiger charge is 2.18. The van der Waals surface area contributed by atoms with Gasteiger partial charge in [-0.3, -0.25) is 4.79 Å². The minimum absolute atomic E-state index is 0.190. The van der Waals surface area contributed by atoms with Crippen LogP contribution in [0.4, 0.5) is 4.39 Å². The number of amides is 1. The van der Waals surface area contributed by atoms with Crippen LogP contribution < -0.4 is 5.32 Å². The van der Waals surface area contributed by atoms with Crippen LogP contribution in [0.3, 0.4) is 0 Å². The van der Waals surface area contributed by atoms with E-state index in [1.807, 2.05) is 17.0 Å². The lowest BCUT2D eigenvalue weighted by molar-refractivity contribution is -0.127. The second-order valence-electron chi connectivity index (χ2n) is 5.52. The van der Waals surface area contributed by atoms with Crippen LogP contribution in [0, 0.1) is 5.82 Å². The van der Waals surface area contributed by atoms with E-state index in [1.54, 1.807) is 0 Å². The van der Waals surface area contributed by atoms with Gasteiger partial charge in [-0.05, 0) is 50.4 Å². The minimum atomic E-state index is -0.190. The number of nitrogens with one attached hydrogen (secondary N) is 1. The number of hydrogen-bond donors (Lipinski definition) is 1. The largest absolute Gasteiger partial charge is 0.343 e. The molecule has 1 N–H and O–H groups in total. The number of carbonyl (C=O) groups is 1. The predicted octanol–water partition coefficient (Wildman–Crippen LogP) is 2.36. The maximum Gasteiger partial charge on any atom is 0.222 e. The van der Waals surface area contributed by atoms with Gasteiger partial charge in [-0.15, -0.1) is 0 Å². The molecule has 20 heavy (non-hydrogen) atoms. The molecule has 1 unspecified atom stereocenters. The summed E-state index contributed by atoms with van der Waals surface area (Å²) in [5, 5.41) is 3.45. The third-order valence-corrected chi connectivity index (χ3v) is 3.72. The molecule has 0 bridgehead atoms. The number of rotatable bonds is 7. The molecule has 3 nitrogen and oxygen atoms in total. The van der Waals surface area contributed by atoms with Crippen LogP contribution in [-0.2, 0) is 11.2 Å². The van der Waals surface area contributed by atoms with Gasteiger partial charge in [0.05, 0.1) is 0 Å². The number of hydrogen-bond acceptors (Lipinski definition) is 2. The lowest BCUT2D eigenvalue weighted by Gasteiger charge is -2.17. The van der Waals surface area contributed by atoms with Crippen molar-refractivity contribution >= 4 is 5.91 Å². The van der Waals surface area contributed by atoms with Crippen molar-refractivity contribution in [3.8, 4) is 0 Å². The van der Waals surface area contributed by atoms with Crippen LogP contribution in [0.5, 0.6) is 0 Å². The van der Waals surface area contributed by atoms with E-state index in [4.69, 9.17) is 0 Å². The van der Waals surface area contributed by atoms with Crippen LogP contribution in [0.2, 0.25) is 0 Å². The molecule has 110 valence electrons. The fourth-order valence-corrected chi connectivity index (χ4v) is 2.61. The van der Waals surface area contributed by atoms with Gasteiger partial charge in [-0.2, -0.15) is 0 Å². The van der Waals surface area contributed by atoms with Crippen molar-refractivity contribution in [3.05, 3.63) is 35.6 Å². The maximum absolute atomic E-state index is 12.8. The summed E-state index contributed by atoms with van der Waals surface area (Å²) in [6.45, 7) is 4.82. The second-order valence-corrected chi connectivity index (χ2v) is 5.52. The summed E-state index contributed by atoms with van der Waals surface area (Å²) in [4.78, 5) is 13.4. The molecule has 1 aliphatic rings. The fourth-order valence-electron chi connectivity index (χ4n) is 2.61. The summed E-state index contributed by atoms with van der Waals surface area (Å²) in [5.41, 5.74) is 1.14. The SMILES string of the molecule is CC(Cc1ccc(F)cc1)NCCCN1CCCC1=O. The van der Waals surface area contributed by atoms with E-state index in [0.29, 0.717) is 18.4 Å². The molecular weight excluding hydrogens is 255 g/mol. The van der Waals surface area contributed by atoms with E-state index in [2.05, 4.69) is 12.2 Å². The number of halogens is 1. The van der Waals surface area contributed by atoms with Crippen LogP contribution >= 0.6 is 0 Å². The predicted molar refractivity (Wildman–Crippen MR) is 78.0 cm³/mol. The minimum Gasteiger partial charge on any atom is -0.343 e. The topological polar surface area (TPSA) is 32.3 Å². The van der Waals surface area contributed by atoms with Crippen LogP contribution in [0.1, 0.15) is 31.7 Å². The van der Waals surface area contributed by atoms with E-state index >= 15 is 0 Å². The Balaban J connectivity index is 1.61. The van der Waals surface area contributed by atoms with Crippen molar-refractivity contribution in [2.24, 2.45) is 0 Å². The summed E-state index contributed by atoms with van der Waals surface area (Å²) >= 11 is 0. The first-order valence-electron chi connectivity index (χ1n) is 7.41. The van der Waals surface area contributed by atoms with Gasteiger partial charge in [0.2, 0.25) is 5.91 Å². The van der Waals surface area contributed by atoms with Crippen molar-refractivity contribution < 1.29 is 9.18 Å². The summed E-state index contributed by atoms with van der Waals surface area (Å²) in [6.07, 6.45) is 3.60. The Morgan fingerprint density at radius 2 is 2.10 bits per heavy atom. The number of nitrogens with zero attached hydrogens (tertiary/aromatic N) is 1. The Hall–Kier alpha value is -1.42. The zero-order valence-corrected chi connectivity index (χ0v) is 12.1. The Morgan fingerprint density at radius 3 is 2.75 bits per heavy atom. The first-order chi connectivity index (χ1) is 9.65. The molecular formula is C16H23FN2O. The first-order valence-corrected chi connectivity index (χ1v) is 7.41. The normalized spacial score (nSPS) is 16.7. The monoisotopic (exact) mass is 278 g/mol. The molecule has 1 saturated heterocycles. The molecule has 2 rings (SSSR count). The van der Waals surface area contributed by atoms with Gasteiger partial charge >= 0.3 is 0 Å². The Bertz CT molecular complexity index is 433. The third-order valence-electron chi connectivity index (χ3n) is 3.72. The zero-order valence-electron chi connectivity index (χ0n) is 12.1. The van der Waals surface area contributed by atoms with E-state index < -0.39 is 0 Å². The molecule has 1 amide bonds. The van der Waals surface area contributed by atoms with E-state index in [-0.39, 0.29) is 5.82 Å². The van der Waals surface area contributed by atoms with E-state index in [1.165, 1.54) is 12.1 Å². The molecule has 1 aliphatic heterocycles. The molecule has 0 spiro atoms. The Morgan fingerprint density at radius 1 is 1.35 bits per heavy atom. The second kappa shape index (κ2) is 7.39. The van der Waals surface area contributed by atoms with Gasteiger partial charge in [-0.25, -0.2) is 4.39 Å². The Kier molecular flexibility index (Phi) is 5.53. The highest BCUT2D eigenvalue weighted by molar-refractivity contribution is 5.77. The van der Waals surface area contributed by atoms with Crippen molar-refractivity contribution in [1.29, 1.82) is 0 Å². The van der Waals surface area contributed by atoms with Crippen molar-refractivity contribution in [2.45, 2.75) is 38.6 Å². The standard InChI is InChI=1S/C16H23FN2O/c1-13(12-14-5-7-15(17)8-6-14)18-9-3-11-19-10-2-4-16(19)20/h5-8,13,18H,2-4,9-12H2,1H3. The summed E-state index contributed by atoms with van der Waals surface area (Å²) < 4.78 is 12.8. The molecule has 0 aromatic heterocycles. The van der Waals surface area contributed by atoms with Crippen LogP contribution in [0.25, 0.3) is 0 Å². The number of benzene rings is 1. The fraction of sp³-hybridized carbons (Fsp3) is 0.562. The lowest BCUT2D eigenvalue weighted by Crippen LogP contribution is -2.32. The lowest BCUT2D eigenvalue weighted by atomic mass is 10.1. The molecule has 0 aliphatic carbocycles. The van der Waals surface area contributed by atoms with Gasteiger partial charge in [0, 0.05) is 25.6 Å². The van der Waals surface area contributed by atoms with Gasteiger partial charge in [0.1, 0.15) is 5.82 Å². The average Bonchev–Trinajstić information content (AvgIpc) is 2.83. The Labute approximate surface area is 120 Å². The van der Waals surface area contributed by atoms with Gasteiger partial charge in [-0.1, -0.05) is 12.1 Å². The smallest absolute Gasteiger partial charge is 0.222 e. The molecule has 0 radical (unpaired) electrons. The molecule has 1 heterocycles. The van der Waals surface area contributed by atoms with Crippen LogP contribution in [0.15, 0.2) is 24.3 Å². The molecule has 1 aromatic rings. The van der Waals surface area contributed by atoms with E-state index in [0.717, 1.165) is 44.5 Å². The quantitative estimate of drug-likeness (QED) is 0.777. The van der Waals surface area contributed by atoms with Crippen molar-refractivity contribution in [3.63, 3.8) is 0 Å². The number of likely N-dealkylation sites (tertiary alicyclic amines) is 1. The molecule has 1 aromatic carbocycles. The third kappa shape index (κ3) is 4.60. The van der Waals surface area contributed by atoms with Gasteiger partial charge < -0.3 is 10.2 Å². The molecule has 4 heteroatoms. The van der Waals surface area contributed by atoms with Gasteiger partial charge in [0.15, 0.2) is 0 Å². The molecule has 1 fully saturated rings. The maximum atomic E-state index is 12.8. The van der Waals surface area contributed by atoms with Crippen molar-refractivity contribution in [2.75, 3.05) is 19.6 Å². The number of carbonyl (C=O) groups excluding carboxylic acids is 1. The molecule has 0 saturated carbocycles. The summed E-state index contributed by atoms with van der Waals surface area (Å²) in [7, 11) is 0. The summed E-state index contributed by atoms with van der Waals surface area (Å²) in [5.74, 6) is 0.106. The van der Waals surface area contributed by atoms with E-state index in [9.17, 15) is 9.18 Å². The highest BCUT2D eigenvalue weighted by atomic mass is 19.1. The first kappa shape index (κ1) is 15.0. The van der Waals surface area contributed by atoms with Crippen LogP contribution in [-0.4, -0.2) is 36.5 Å². The highest BCUT2D eigenvalue weighted by Crippen LogP contribution is 2.09. The molecule has 1 atom stereocenters. The average molecular weight is 278 g/mol. The van der Waals surface area contributed by atoms with Crippen molar-refractivity contribution in [1.82, 2.24) is 10.2 Å².